The van der Waals surface area contributed by atoms with E-state index in [2.05, 4.69) is 22.5 Å². The molecule has 0 heterocycles. The van der Waals surface area contributed by atoms with Gasteiger partial charge in [-0.05, 0) is 13.3 Å². The van der Waals surface area contributed by atoms with Crippen molar-refractivity contribution in [1.29, 1.82) is 0 Å². The molecule has 0 fully saturated rings. The fraction of sp³-hybridized carbons (Fsp3) is 0.562. The highest BCUT2D eigenvalue weighted by Gasteiger charge is 2.13. The van der Waals surface area contributed by atoms with Gasteiger partial charge in [-0.15, -0.1) is 24.0 Å². The van der Waals surface area contributed by atoms with Gasteiger partial charge in [-0.1, -0.05) is 6.92 Å². The molecule has 0 aliphatic heterocycles. The number of halogens is 1. The minimum absolute atomic E-state index is 0. The third-order valence-electron chi connectivity index (χ3n) is 3.10. The smallest absolute Gasteiger partial charge is 0.191 e. The lowest BCUT2D eigenvalue weighted by Crippen LogP contribution is -2.37. The Bertz CT molecular complexity index is 470. The Morgan fingerprint density at radius 2 is 1.61 bits per heavy atom. The van der Waals surface area contributed by atoms with Crippen LogP contribution in [0.4, 0.5) is 0 Å². The van der Waals surface area contributed by atoms with Crippen LogP contribution in [0.2, 0.25) is 0 Å². The van der Waals surface area contributed by atoms with Crippen molar-refractivity contribution >= 4 is 29.9 Å². The van der Waals surface area contributed by atoms with E-state index >= 15 is 0 Å². The van der Waals surface area contributed by atoms with Crippen LogP contribution < -0.4 is 24.8 Å². The molecule has 6 nitrogen and oxygen atoms in total. The number of guanidine groups is 1. The van der Waals surface area contributed by atoms with Gasteiger partial charge in [-0.3, -0.25) is 0 Å². The van der Waals surface area contributed by atoms with Gasteiger partial charge in [0.1, 0.15) is 17.2 Å². The molecule has 1 aromatic carbocycles. The summed E-state index contributed by atoms with van der Waals surface area (Å²) in [4.78, 5) is 4.59. The number of aliphatic imine (C=N–C) groups is 1. The molecular formula is C16H28IN3O3. The predicted molar refractivity (Wildman–Crippen MR) is 105 cm³/mol. The summed E-state index contributed by atoms with van der Waals surface area (Å²) in [5.41, 5.74) is 0.888. The lowest BCUT2D eigenvalue weighted by Gasteiger charge is -2.15. The predicted octanol–water partition coefficient (Wildman–Crippen LogP) is 2.80. The first-order valence-electron chi connectivity index (χ1n) is 7.51. The molecule has 0 saturated heterocycles. The molecule has 23 heavy (non-hydrogen) atoms. The van der Waals surface area contributed by atoms with Crippen LogP contribution in [0, 0.1) is 0 Å². The van der Waals surface area contributed by atoms with Gasteiger partial charge in [0.15, 0.2) is 5.96 Å². The Hall–Kier alpha value is -1.38. The van der Waals surface area contributed by atoms with E-state index in [9.17, 15) is 0 Å². The topological polar surface area (TPSA) is 64.1 Å². The molecule has 0 amide bonds. The van der Waals surface area contributed by atoms with Crippen molar-refractivity contribution in [1.82, 2.24) is 10.6 Å². The van der Waals surface area contributed by atoms with Gasteiger partial charge in [-0.25, -0.2) is 4.99 Å². The lowest BCUT2D eigenvalue weighted by atomic mass is 10.1. The number of methoxy groups -OCH3 is 3. The normalized spacial score (nSPS) is 10.6. The van der Waals surface area contributed by atoms with E-state index in [0.717, 1.165) is 31.0 Å². The molecule has 0 spiro atoms. The van der Waals surface area contributed by atoms with E-state index in [-0.39, 0.29) is 24.0 Å². The second-order valence-corrected chi connectivity index (χ2v) is 4.63. The van der Waals surface area contributed by atoms with Gasteiger partial charge in [0, 0.05) is 25.2 Å². The van der Waals surface area contributed by atoms with E-state index < -0.39 is 0 Å². The Kier molecular flexibility index (Phi) is 11.4. The summed E-state index contributed by atoms with van der Waals surface area (Å²) >= 11 is 0. The third kappa shape index (κ3) is 6.72. The fourth-order valence-electron chi connectivity index (χ4n) is 1.98. The number of benzene rings is 1. The molecule has 0 aliphatic rings. The van der Waals surface area contributed by atoms with E-state index in [4.69, 9.17) is 14.2 Å². The van der Waals surface area contributed by atoms with Crippen molar-refractivity contribution in [3.05, 3.63) is 17.7 Å². The van der Waals surface area contributed by atoms with Crippen molar-refractivity contribution in [3.8, 4) is 17.2 Å². The van der Waals surface area contributed by atoms with Crippen molar-refractivity contribution < 1.29 is 14.2 Å². The van der Waals surface area contributed by atoms with Crippen molar-refractivity contribution in [2.24, 2.45) is 4.99 Å². The molecule has 0 radical (unpaired) electrons. The maximum Gasteiger partial charge on any atom is 0.191 e. The van der Waals surface area contributed by atoms with Crippen molar-refractivity contribution in [3.63, 3.8) is 0 Å². The second-order valence-electron chi connectivity index (χ2n) is 4.63. The Balaban J connectivity index is 0.00000484. The Morgan fingerprint density at radius 1 is 1.00 bits per heavy atom. The SMILES string of the molecule is CCCNC(=NCc1c(OC)cc(OC)cc1OC)NCC.I. The van der Waals surface area contributed by atoms with Crippen LogP contribution in [0.25, 0.3) is 0 Å². The highest BCUT2D eigenvalue weighted by Crippen LogP contribution is 2.34. The number of rotatable bonds is 8. The number of hydrogen-bond acceptors (Lipinski definition) is 4. The van der Waals surface area contributed by atoms with Crippen LogP contribution in [-0.4, -0.2) is 40.4 Å². The van der Waals surface area contributed by atoms with Crippen LogP contribution in [-0.2, 0) is 6.54 Å². The number of hydrogen-bond donors (Lipinski definition) is 2. The van der Waals surface area contributed by atoms with Crippen LogP contribution in [0.1, 0.15) is 25.8 Å². The van der Waals surface area contributed by atoms with Crippen LogP contribution in [0.5, 0.6) is 17.2 Å². The van der Waals surface area contributed by atoms with Gasteiger partial charge >= 0.3 is 0 Å². The van der Waals surface area contributed by atoms with Gasteiger partial charge in [0.2, 0.25) is 0 Å². The summed E-state index contributed by atoms with van der Waals surface area (Å²) in [5.74, 6) is 2.87. The first-order valence-corrected chi connectivity index (χ1v) is 7.51. The molecule has 2 N–H and O–H groups in total. The molecule has 0 unspecified atom stereocenters. The summed E-state index contributed by atoms with van der Waals surface area (Å²) in [6.45, 7) is 6.30. The van der Waals surface area contributed by atoms with Crippen molar-refractivity contribution in [2.75, 3.05) is 34.4 Å². The molecule has 7 heteroatoms. The third-order valence-corrected chi connectivity index (χ3v) is 3.10. The summed E-state index contributed by atoms with van der Waals surface area (Å²) < 4.78 is 16.1. The van der Waals surface area contributed by atoms with Gasteiger partial charge < -0.3 is 24.8 Å². The zero-order valence-electron chi connectivity index (χ0n) is 14.6. The molecule has 0 aliphatic carbocycles. The van der Waals surface area contributed by atoms with Crippen LogP contribution in [0.15, 0.2) is 17.1 Å². The first-order chi connectivity index (χ1) is 10.7. The first kappa shape index (κ1) is 21.6. The minimum atomic E-state index is 0. The largest absolute Gasteiger partial charge is 0.496 e. The second kappa shape index (κ2) is 12.1. The van der Waals surface area contributed by atoms with E-state index in [1.54, 1.807) is 21.3 Å². The molecular weight excluding hydrogens is 409 g/mol. The van der Waals surface area contributed by atoms with E-state index in [1.165, 1.54) is 0 Å². The van der Waals surface area contributed by atoms with Crippen LogP contribution in [0.3, 0.4) is 0 Å². The number of ether oxygens (including phenoxy) is 3. The van der Waals surface area contributed by atoms with Crippen LogP contribution >= 0.6 is 24.0 Å². The zero-order chi connectivity index (χ0) is 16.4. The highest BCUT2D eigenvalue weighted by molar-refractivity contribution is 14.0. The zero-order valence-corrected chi connectivity index (χ0v) is 16.9. The van der Waals surface area contributed by atoms with Crippen molar-refractivity contribution in [2.45, 2.75) is 26.8 Å². The summed E-state index contributed by atoms with van der Waals surface area (Å²) in [7, 11) is 4.87. The maximum absolute atomic E-state index is 5.43. The molecule has 0 saturated carbocycles. The minimum Gasteiger partial charge on any atom is -0.496 e. The molecule has 1 aromatic rings. The Labute approximate surface area is 156 Å². The molecule has 0 bridgehead atoms. The summed E-state index contributed by atoms with van der Waals surface area (Å²) in [5, 5.41) is 6.49. The summed E-state index contributed by atoms with van der Waals surface area (Å²) in [6, 6.07) is 3.67. The number of nitrogens with zero attached hydrogens (tertiary/aromatic N) is 1. The quantitative estimate of drug-likeness (QED) is 0.372. The van der Waals surface area contributed by atoms with Gasteiger partial charge in [-0.2, -0.15) is 0 Å². The maximum atomic E-state index is 5.43. The monoisotopic (exact) mass is 437 g/mol. The highest BCUT2D eigenvalue weighted by atomic mass is 127. The van der Waals surface area contributed by atoms with Gasteiger partial charge in [0.05, 0.1) is 33.4 Å². The molecule has 1 rings (SSSR count). The molecule has 0 aromatic heterocycles. The van der Waals surface area contributed by atoms with E-state index in [1.807, 2.05) is 19.1 Å². The Morgan fingerprint density at radius 3 is 2.04 bits per heavy atom. The average Bonchev–Trinajstić information content (AvgIpc) is 2.56. The summed E-state index contributed by atoms with van der Waals surface area (Å²) in [6.07, 6.45) is 1.04. The number of nitrogens with one attached hydrogen (secondary N) is 2. The standard InChI is InChI=1S/C16H27N3O3.HI/c1-6-8-18-16(17-7-2)19-11-13-14(21-4)9-12(20-3)10-15(13)22-5;/h9-10H,6-8,11H2,1-5H3,(H2,17,18,19);1H. The van der Waals surface area contributed by atoms with E-state index in [0.29, 0.717) is 23.8 Å². The molecule has 0 atom stereocenters. The fourth-order valence-corrected chi connectivity index (χ4v) is 1.98. The van der Waals surface area contributed by atoms with Gasteiger partial charge in [0.25, 0.3) is 0 Å². The lowest BCUT2D eigenvalue weighted by molar-refractivity contribution is 0.369. The molecule has 132 valence electrons. The average molecular weight is 437 g/mol.